The van der Waals surface area contributed by atoms with Crippen molar-refractivity contribution in [2.24, 2.45) is 0 Å². The van der Waals surface area contributed by atoms with Crippen LogP contribution < -0.4 is 18.9 Å². The van der Waals surface area contributed by atoms with Crippen molar-refractivity contribution in [3.63, 3.8) is 0 Å². The molecule has 2 heterocycles. The summed E-state index contributed by atoms with van der Waals surface area (Å²) in [5.41, 5.74) is 1.23. The van der Waals surface area contributed by atoms with E-state index in [-0.39, 0.29) is 18.6 Å². The van der Waals surface area contributed by atoms with Gasteiger partial charge >= 0.3 is 0 Å². The van der Waals surface area contributed by atoms with Crippen molar-refractivity contribution in [1.29, 1.82) is 0 Å². The number of aryl methyl sites for hydroxylation is 1. The number of carbonyl (C=O) groups is 1. The number of aromatic nitrogens is 1. The highest BCUT2D eigenvalue weighted by Gasteiger charge is 2.30. The Bertz CT molecular complexity index is 1040. The van der Waals surface area contributed by atoms with E-state index in [0.29, 0.717) is 36.9 Å². The molecule has 1 aliphatic rings. The zero-order valence-electron chi connectivity index (χ0n) is 18.2. The third kappa shape index (κ3) is 5.29. The van der Waals surface area contributed by atoms with Gasteiger partial charge in [0.05, 0.1) is 20.2 Å². The number of para-hydroxylation sites is 1. The molecule has 0 saturated carbocycles. The fraction of sp³-hybridized carbons (Fsp3) is 0.280. The van der Waals surface area contributed by atoms with Crippen molar-refractivity contribution < 1.29 is 23.7 Å². The number of nitrogens with zero attached hydrogens (tertiary/aromatic N) is 2. The van der Waals surface area contributed by atoms with Gasteiger partial charge in [-0.1, -0.05) is 18.2 Å². The molecule has 0 radical (unpaired) electrons. The van der Waals surface area contributed by atoms with Gasteiger partial charge < -0.3 is 23.8 Å². The fourth-order valence-corrected chi connectivity index (χ4v) is 3.41. The van der Waals surface area contributed by atoms with Gasteiger partial charge in [0.25, 0.3) is 5.91 Å². The lowest BCUT2D eigenvalue weighted by Crippen LogP contribution is -2.41. The van der Waals surface area contributed by atoms with Crippen LogP contribution in [0.4, 0.5) is 0 Å². The summed E-state index contributed by atoms with van der Waals surface area (Å²) < 4.78 is 23.0. The van der Waals surface area contributed by atoms with Crippen molar-refractivity contribution >= 4 is 5.91 Å². The molecule has 1 amide bonds. The smallest absolute Gasteiger partial charge is 0.259 e. The summed E-state index contributed by atoms with van der Waals surface area (Å²) in [7, 11) is 1.62. The predicted molar refractivity (Wildman–Crippen MR) is 120 cm³/mol. The van der Waals surface area contributed by atoms with E-state index >= 15 is 0 Å². The predicted octanol–water partition coefficient (Wildman–Crippen LogP) is 3.76. The lowest BCUT2D eigenvalue weighted by Gasteiger charge is -2.24. The highest BCUT2D eigenvalue weighted by atomic mass is 16.5. The molecule has 0 saturated heterocycles. The van der Waals surface area contributed by atoms with E-state index in [2.05, 4.69) is 4.98 Å². The second-order valence-corrected chi connectivity index (χ2v) is 7.44. The minimum absolute atomic E-state index is 0.129. The van der Waals surface area contributed by atoms with Crippen LogP contribution in [0.1, 0.15) is 16.1 Å². The Morgan fingerprint density at radius 3 is 2.44 bits per heavy atom. The van der Waals surface area contributed by atoms with Crippen LogP contribution in [0.25, 0.3) is 0 Å². The van der Waals surface area contributed by atoms with Crippen molar-refractivity contribution in [1.82, 2.24) is 9.88 Å². The average molecular weight is 434 g/mol. The number of methoxy groups -OCH3 is 1. The van der Waals surface area contributed by atoms with E-state index < -0.39 is 0 Å². The summed E-state index contributed by atoms with van der Waals surface area (Å²) in [4.78, 5) is 19.3. The molecule has 3 aromatic rings. The lowest BCUT2D eigenvalue weighted by molar-refractivity contribution is 0.0610. The van der Waals surface area contributed by atoms with Crippen LogP contribution in [-0.4, -0.2) is 55.3 Å². The van der Waals surface area contributed by atoms with E-state index in [1.54, 1.807) is 18.1 Å². The Kier molecular flexibility index (Phi) is 6.75. The maximum atomic E-state index is 13.2. The number of hydrogen-bond acceptors (Lipinski definition) is 6. The molecular formula is C25H26N2O5. The lowest BCUT2D eigenvalue weighted by atomic mass is 10.2. The number of carbonyl (C=O) groups excluding carboxylic acids is 1. The second-order valence-electron chi connectivity index (χ2n) is 7.44. The maximum absolute atomic E-state index is 13.2. The van der Waals surface area contributed by atoms with Gasteiger partial charge in [0, 0.05) is 5.69 Å². The van der Waals surface area contributed by atoms with Crippen LogP contribution in [0.2, 0.25) is 0 Å². The molecule has 2 aromatic carbocycles. The number of amides is 1. The summed E-state index contributed by atoms with van der Waals surface area (Å²) >= 11 is 0. The molecular weight excluding hydrogens is 408 g/mol. The molecule has 7 nitrogen and oxygen atoms in total. The Morgan fingerprint density at radius 2 is 1.69 bits per heavy atom. The quantitative estimate of drug-likeness (QED) is 0.538. The number of benzene rings is 2. The van der Waals surface area contributed by atoms with Gasteiger partial charge in [-0.05, 0) is 55.5 Å². The molecule has 0 spiro atoms. The number of ether oxygens (including phenoxy) is 4. The van der Waals surface area contributed by atoms with Crippen molar-refractivity contribution in [2.45, 2.75) is 13.0 Å². The Hall–Kier alpha value is -3.74. The van der Waals surface area contributed by atoms with Crippen LogP contribution in [0.15, 0.2) is 66.7 Å². The summed E-state index contributed by atoms with van der Waals surface area (Å²) in [5, 5.41) is 0. The largest absolute Gasteiger partial charge is 0.497 e. The first-order valence-corrected chi connectivity index (χ1v) is 10.5. The Labute approximate surface area is 187 Å². The summed E-state index contributed by atoms with van der Waals surface area (Å²) in [6.45, 7) is 3.29. The zero-order valence-corrected chi connectivity index (χ0v) is 18.2. The molecule has 0 bridgehead atoms. The molecule has 0 aliphatic carbocycles. The van der Waals surface area contributed by atoms with Gasteiger partial charge in [0.2, 0.25) is 5.88 Å². The molecule has 0 fully saturated rings. The highest BCUT2D eigenvalue weighted by Crippen LogP contribution is 2.24. The van der Waals surface area contributed by atoms with E-state index in [0.717, 1.165) is 17.2 Å². The average Bonchev–Trinajstić information content (AvgIpc) is 2.94. The van der Waals surface area contributed by atoms with Crippen LogP contribution in [0.5, 0.6) is 23.1 Å². The summed E-state index contributed by atoms with van der Waals surface area (Å²) in [5.74, 6) is 2.43. The zero-order chi connectivity index (χ0) is 22.3. The standard InChI is InChI=1S/C25H26N2O5/c1-18-8-13-23-24(26-18)32-22(17-31-21-11-9-19(29-2)10-12-21)16-27(25(23)28)14-15-30-20-6-4-3-5-7-20/h3-13,22H,14-17H2,1-2H3. The van der Waals surface area contributed by atoms with E-state index in [1.807, 2.05) is 67.6 Å². The van der Waals surface area contributed by atoms with Crippen molar-refractivity contribution in [2.75, 3.05) is 33.4 Å². The SMILES string of the molecule is COc1ccc(OCC2CN(CCOc3ccccc3)C(=O)c3ccc(C)nc3O2)cc1. The minimum Gasteiger partial charge on any atom is -0.497 e. The van der Waals surface area contributed by atoms with Gasteiger partial charge in [0.1, 0.15) is 36.0 Å². The maximum Gasteiger partial charge on any atom is 0.259 e. The van der Waals surface area contributed by atoms with Crippen LogP contribution >= 0.6 is 0 Å². The first kappa shape index (κ1) is 21.5. The van der Waals surface area contributed by atoms with E-state index in [1.165, 1.54) is 0 Å². The summed E-state index contributed by atoms with van der Waals surface area (Å²) in [6, 6.07) is 20.5. The number of rotatable bonds is 8. The first-order valence-electron chi connectivity index (χ1n) is 10.5. The van der Waals surface area contributed by atoms with Gasteiger partial charge in [-0.15, -0.1) is 0 Å². The number of fused-ring (bicyclic) bond motifs is 1. The first-order chi connectivity index (χ1) is 15.6. The van der Waals surface area contributed by atoms with Crippen LogP contribution in [-0.2, 0) is 0 Å². The number of hydrogen-bond donors (Lipinski definition) is 0. The Morgan fingerprint density at radius 1 is 0.969 bits per heavy atom. The van der Waals surface area contributed by atoms with E-state index in [9.17, 15) is 4.79 Å². The second kappa shape index (κ2) is 10.0. The van der Waals surface area contributed by atoms with E-state index in [4.69, 9.17) is 18.9 Å². The van der Waals surface area contributed by atoms with Gasteiger partial charge in [-0.3, -0.25) is 4.79 Å². The molecule has 32 heavy (non-hydrogen) atoms. The molecule has 1 aromatic heterocycles. The third-order valence-corrected chi connectivity index (χ3v) is 5.09. The molecule has 1 aliphatic heterocycles. The van der Waals surface area contributed by atoms with Crippen molar-refractivity contribution in [3.05, 3.63) is 78.0 Å². The highest BCUT2D eigenvalue weighted by molar-refractivity contribution is 5.96. The third-order valence-electron chi connectivity index (χ3n) is 5.09. The molecule has 0 N–H and O–H groups in total. The van der Waals surface area contributed by atoms with Gasteiger partial charge in [-0.2, -0.15) is 0 Å². The molecule has 7 heteroatoms. The van der Waals surface area contributed by atoms with Gasteiger partial charge in [0.15, 0.2) is 6.10 Å². The monoisotopic (exact) mass is 434 g/mol. The molecule has 4 rings (SSSR count). The molecule has 1 atom stereocenters. The van der Waals surface area contributed by atoms with Crippen LogP contribution in [0, 0.1) is 6.92 Å². The van der Waals surface area contributed by atoms with Crippen molar-refractivity contribution in [3.8, 4) is 23.1 Å². The topological polar surface area (TPSA) is 70.1 Å². The minimum atomic E-state index is -0.381. The van der Waals surface area contributed by atoms with Gasteiger partial charge in [-0.25, -0.2) is 4.98 Å². The molecule has 166 valence electrons. The van der Waals surface area contributed by atoms with Crippen LogP contribution in [0.3, 0.4) is 0 Å². The Balaban J connectivity index is 1.46. The summed E-state index contributed by atoms with van der Waals surface area (Å²) in [6.07, 6.45) is -0.381. The molecule has 1 unspecified atom stereocenters. The number of pyridine rings is 1. The normalized spacial score (nSPS) is 15.4. The fourth-order valence-electron chi connectivity index (χ4n) is 3.41.